The Labute approximate surface area is 140 Å². The van der Waals surface area contributed by atoms with Crippen molar-refractivity contribution in [3.8, 4) is 0 Å². The van der Waals surface area contributed by atoms with E-state index in [1.807, 2.05) is 0 Å². The van der Waals surface area contributed by atoms with Gasteiger partial charge in [-0.05, 0) is 12.8 Å². The number of aliphatic hydroxyl groups excluding tert-OH is 1. The molecule has 0 radical (unpaired) electrons. The minimum atomic E-state index is -0.285. The lowest BCUT2D eigenvalue weighted by Gasteiger charge is -2.17. The molecule has 3 N–H and O–H groups in total. The van der Waals surface area contributed by atoms with Gasteiger partial charge in [-0.2, -0.15) is 0 Å². The predicted octanol–water partition coefficient (Wildman–Crippen LogP) is 5.96. The van der Waals surface area contributed by atoms with Gasteiger partial charge in [-0.25, -0.2) is 0 Å². The molecule has 22 heavy (non-hydrogen) atoms. The zero-order valence-electron chi connectivity index (χ0n) is 15.5. The van der Waals surface area contributed by atoms with Crippen molar-refractivity contribution in [2.45, 2.75) is 129 Å². The molecule has 0 rings (SSSR count). The first kappa shape index (κ1) is 21.9. The van der Waals surface area contributed by atoms with E-state index >= 15 is 0 Å². The van der Waals surface area contributed by atoms with E-state index < -0.39 is 0 Å². The Morgan fingerprint density at radius 2 is 1.00 bits per heavy atom. The monoisotopic (exact) mass is 313 g/mol. The summed E-state index contributed by atoms with van der Waals surface area (Å²) < 4.78 is 0. The van der Waals surface area contributed by atoms with E-state index in [-0.39, 0.29) is 12.1 Å². The van der Waals surface area contributed by atoms with Gasteiger partial charge in [-0.1, -0.05) is 104 Å². The first-order valence-electron chi connectivity index (χ1n) is 10.2. The van der Waals surface area contributed by atoms with Gasteiger partial charge in [0.2, 0.25) is 0 Å². The Morgan fingerprint density at radius 1 is 0.591 bits per heavy atom. The first-order valence-corrected chi connectivity index (χ1v) is 10.2. The average molecular weight is 314 g/mol. The summed E-state index contributed by atoms with van der Waals surface area (Å²) in [7, 11) is 0. The third-order valence-corrected chi connectivity index (χ3v) is 4.72. The second kappa shape index (κ2) is 17.3. The molecule has 0 amide bonds. The van der Waals surface area contributed by atoms with Gasteiger partial charge in [0, 0.05) is 6.04 Å². The van der Waals surface area contributed by atoms with E-state index in [0.29, 0.717) is 0 Å². The zero-order chi connectivity index (χ0) is 16.5. The number of aliphatic hydroxyl groups is 1. The number of unbranched alkanes of at least 4 members (excludes halogenated alkanes) is 12. The first-order chi connectivity index (χ1) is 10.7. The van der Waals surface area contributed by atoms with Gasteiger partial charge in [0.25, 0.3) is 0 Å². The van der Waals surface area contributed by atoms with Crippen LogP contribution >= 0.6 is 0 Å². The number of hydrogen-bond acceptors (Lipinski definition) is 2. The smallest absolute Gasteiger partial charge is 0.0691 e. The van der Waals surface area contributed by atoms with Crippen LogP contribution in [-0.4, -0.2) is 17.3 Å². The molecule has 0 aliphatic carbocycles. The lowest BCUT2D eigenvalue weighted by molar-refractivity contribution is 0.127. The quantitative estimate of drug-likeness (QED) is 0.326. The van der Waals surface area contributed by atoms with Crippen LogP contribution < -0.4 is 5.73 Å². The third kappa shape index (κ3) is 14.8. The normalized spacial score (nSPS) is 14.2. The van der Waals surface area contributed by atoms with Gasteiger partial charge in [-0.3, -0.25) is 0 Å². The molecular weight excluding hydrogens is 270 g/mol. The minimum Gasteiger partial charge on any atom is -0.392 e. The molecule has 0 spiro atoms. The molecule has 134 valence electrons. The number of nitrogens with two attached hydrogens (primary N) is 1. The molecule has 0 saturated carbocycles. The average Bonchev–Trinajstić information content (AvgIpc) is 2.51. The number of hydrogen-bond donors (Lipinski definition) is 2. The second-order valence-electron chi connectivity index (χ2n) is 7.05. The molecule has 2 atom stereocenters. The van der Waals surface area contributed by atoms with E-state index in [1.54, 1.807) is 0 Å². The molecule has 0 unspecified atom stereocenters. The molecule has 0 saturated heterocycles. The summed E-state index contributed by atoms with van der Waals surface area (Å²) in [6.07, 6.45) is 20.5. The van der Waals surface area contributed by atoms with Gasteiger partial charge in [0.1, 0.15) is 0 Å². The topological polar surface area (TPSA) is 46.2 Å². The summed E-state index contributed by atoms with van der Waals surface area (Å²) in [6.45, 7) is 4.40. The van der Waals surface area contributed by atoms with E-state index in [4.69, 9.17) is 5.73 Å². The van der Waals surface area contributed by atoms with Crippen LogP contribution in [0.3, 0.4) is 0 Å². The highest BCUT2D eigenvalue weighted by molar-refractivity contribution is 4.70. The number of rotatable bonds is 17. The maximum absolute atomic E-state index is 9.90. The van der Waals surface area contributed by atoms with Crippen LogP contribution in [0.15, 0.2) is 0 Å². The molecule has 0 aliphatic heterocycles. The van der Waals surface area contributed by atoms with Gasteiger partial charge >= 0.3 is 0 Å². The lowest BCUT2D eigenvalue weighted by atomic mass is 10.00. The largest absolute Gasteiger partial charge is 0.392 e. The standard InChI is InChI=1S/C20H43NO/c1-3-5-6-7-8-9-10-11-12-13-14-15-16-18-20(22)19(21)17-4-2/h19-20,22H,3-18,21H2,1-2H3/t19-,20+/m0/s1. The fourth-order valence-corrected chi connectivity index (χ4v) is 3.11. The van der Waals surface area contributed by atoms with Crippen molar-refractivity contribution in [2.24, 2.45) is 5.73 Å². The zero-order valence-corrected chi connectivity index (χ0v) is 15.5. The van der Waals surface area contributed by atoms with Crippen LogP contribution in [0.1, 0.15) is 117 Å². The van der Waals surface area contributed by atoms with Crippen LogP contribution in [0, 0.1) is 0 Å². The molecule has 0 bridgehead atoms. The molecule has 0 fully saturated rings. The van der Waals surface area contributed by atoms with E-state index in [0.717, 1.165) is 25.7 Å². The molecule has 0 aromatic heterocycles. The molecule has 0 aromatic rings. The summed E-state index contributed by atoms with van der Waals surface area (Å²) in [5.41, 5.74) is 5.92. The Balaban J connectivity index is 3.14. The Kier molecular flexibility index (Phi) is 17.2. The van der Waals surface area contributed by atoms with Crippen molar-refractivity contribution in [3.63, 3.8) is 0 Å². The van der Waals surface area contributed by atoms with Gasteiger partial charge in [0.05, 0.1) is 6.10 Å². The SMILES string of the molecule is CCCCCCCCCCCCCCC[C@@H](O)[C@@H](N)CCC. The van der Waals surface area contributed by atoms with Crippen LogP contribution in [0.4, 0.5) is 0 Å². The van der Waals surface area contributed by atoms with Crippen LogP contribution in [0.5, 0.6) is 0 Å². The van der Waals surface area contributed by atoms with Crippen molar-refractivity contribution < 1.29 is 5.11 Å². The Morgan fingerprint density at radius 3 is 1.41 bits per heavy atom. The molecule has 2 heteroatoms. The van der Waals surface area contributed by atoms with Crippen LogP contribution in [-0.2, 0) is 0 Å². The highest BCUT2D eigenvalue weighted by Gasteiger charge is 2.12. The van der Waals surface area contributed by atoms with Gasteiger partial charge in [0.15, 0.2) is 0 Å². The highest BCUT2D eigenvalue weighted by atomic mass is 16.3. The van der Waals surface area contributed by atoms with Crippen molar-refractivity contribution in [2.75, 3.05) is 0 Å². The lowest BCUT2D eigenvalue weighted by Crippen LogP contribution is -2.34. The van der Waals surface area contributed by atoms with Crippen LogP contribution in [0.25, 0.3) is 0 Å². The predicted molar refractivity (Wildman–Crippen MR) is 99.2 cm³/mol. The summed E-state index contributed by atoms with van der Waals surface area (Å²) in [6, 6.07) is -0.0117. The van der Waals surface area contributed by atoms with Crippen molar-refractivity contribution in [1.82, 2.24) is 0 Å². The molecule has 2 nitrogen and oxygen atoms in total. The maximum Gasteiger partial charge on any atom is 0.0691 e. The van der Waals surface area contributed by atoms with Crippen molar-refractivity contribution in [1.29, 1.82) is 0 Å². The highest BCUT2D eigenvalue weighted by Crippen LogP contribution is 2.14. The summed E-state index contributed by atoms with van der Waals surface area (Å²) >= 11 is 0. The molecule has 0 heterocycles. The summed E-state index contributed by atoms with van der Waals surface area (Å²) in [5, 5.41) is 9.90. The maximum atomic E-state index is 9.90. The van der Waals surface area contributed by atoms with E-state index in [1.165, 1.54) is 77.0 Å². The Bertz CT molecular complexity index is 208. The van der Waals surface area contributed by atoms with E-state index in [2.05, 4.69) is 13.8 Å². The third-order valence-electron chi connectivity index (χ3n) is 4.72. The van der Waals surface area contributed by atoms with Crippen molar-refractivity contribution in [3.05, 3.63) is 0 Å². The summed E-state index contributed by atoms with van der Waals surface area (Å²) in [4.78, 5) is 0. The van der Waals surface area contributed by atoms with Crippen molar-refractivity contribution >= 4 is 0 Å². The second-order valence-corrected chi connectivity index (χ2v) is 7.05. The Hall–Kier alpha value is -0.0800. The van der Waals surface area contributed by atoms with Gasteiger partial charge in [-0.15, -0.1) is 0 Å². The molecule has 0 aliphatic rings. The fourth-order valence-electron chi connectivity index (χ4n) is 3.11. The van der Waals surface area contributed by atoms with Crippen LogP contribution in [0.2, 0.25) is 0 Å². The summed E-state index contributed by atoms with van der Waals surface area (Å²) in [5.74, 6) is 0. The molecule has 0 aromatic carbocycles. The van der Waals surface area contributed by atoms with E-state index in [9.17, 15) is 5.11 Å². The molecular formula is C20H43NO. The fraction of sp³-hybridized carbons (Fsp3) is 1.00. The van der Waals surface area contributed by atoms with Gasteiger partial charge < -0.3 is 10.8 Å². The minimum absolute atomic E-state index is 0.0117.